The predicted molar refractivity (Wildman–Crippen MR) is 213 cm³/mol. The van der Waals surface area contributed by atoms with Gasteiger partial charge >= 0.3 is 12.4 Å². The fraction of sp³-hybridized carbons (Fsp3) is 0.310. The van der Waals surface area contributed by atoms with Gasteiger partial charge in [-0.25, -0.2) is 19.0 Å². The molecule has 7 aromatic rings. The molecule has 324 valence electrons. The van der Waals surface area contributed by atoms with Crippen LogP contribution in [0, 0.1) is 19.3 Å². The molecule has 4 unspecified atom stereocenters. The van der Waals surface area contributed by atoms with E-state index in [0.717, 1.165) is 31.8 Å². The van der Waals surface area contributed by atoms with Crippen LogP contribution in [0.5, 0.6) is 0 Å². The Bertz CT molecular complexity index is 2750. The molecule has 2 saturated heterocycles. The first-order chi connectivity index (χ1) is 28.2. The van der Waals surface area contributed by atoms with E-state index in [0.29, 0.717) is 24.7 Å². The molecule has 3 N–H and O–H groups in total. The third-order valence-electron chi connectivity index (χ3n) is 10.9. The largest absolute Gasteiger partial charge is 0.417 e. The van der Waals surface area contributed by atoms with Crippen LogP contribution >= 0.6 is 0 Å². The molecule has 12 nitrogen and oxygen atoms in total. The van der Waals surface area contributed by atoms with E-state index in [4.69, 9.17) is 0 Å². The van der Waals surface area contributed by atoms with Crippen LogP contribution in [0.1, 0.15) is 54.0 Å². The molecule has 4 aromatic heterocycles. The molecule has 0 radical (unpaired) electrons. The van der Waals surface area contributed by atoms with Gasteiger partial charge in [0.25, 0.3) is 11.1 Å². The van der Waals surface area contributed by atoms with Crippen LogP contribution in [0.25, 0.3) is 33.8 Å². The number of alkyl halides is 6. The molecule has 9 rings (SSSR count). The number of nitrogens with one attached hydrogen (secondary N) is 3. The van der Waals surface area contributed by atoms with Gasteiger partial charge in [-0.3, -0.25) is 14.5 Å². The van der Waals surface area contributed by atoms with E-state index in [1.54, 1.807) is 0 Å². The van der Waals surface area contributed by atoms with Crippen molar-refractivity contribution >= 4 is 11.0 Å². The number of hydrogen-bond acceptors (Lipinski definition) is 8. The van der Waals surface area contributed by atoms with Gasteiger partial charge in [-0.2, -0.15) is 36.5 Å². The van der Waals surface area contributed by atoms with Gasteiger partial charge in [-0.05, 0) is 36.1 Å². The van der Waals surface area contributed by atoms with Crippen molar-refractivity contribution in [1.29, 1.82) is 0 Å². The first kappa shape index (κ1) is 45.1. The number of aromatic amines is 2. The minimum Gasteiger partial charge on any atom is -0.358 e. The van der Waals surface area contributed by atoms with Crippen LogP contribution in [0.4, 0.5) is 26.3 Å². The van der Waals surface area contributed by atoms with Crippen LogP contribution in [-0.4, -0.2) is 70.2 Å². The second-order valence-corrected chi connectivity index (χ2v) is 15.0. The number of nitrogens with zero attached hydrogens (tertiary/aromatic N) is 7. The quantitative estimate of drug-likeness (QED) is 0.0903. The van der Waals surface area contributed by atoms with Gasteiger partial charge in [0, 0.05) is 69.6 Å². The summed E-state index contributed by atoms with van der Waals surface area (Å²) >= 11 is 0. The number of fused-ring (bicyclic) bond motifs is 2. The summed E-state index contributed by atoms with van der Waals surface area (Å²) < 4.78 is 83.3. The standard InChI is InChI=1S/C24H22F3N5O.C17H16F3N5O.CH3.Pd/c1-15-12-31(13-16-7-3-2-4-8-16)14-18(15)21-29-23(33)20-11-28-22(32(20)30-21)17-9-5-6-10-19(17)24(25,26)27;1-9-6-21-7-11(9)14-23-16(26)13-8-22-15(25(13)24-14)10-4-2-3-5-12(10)17(18,19)20;;/h2-11,15,18H,12-14H2,1H3,(H,29,30,33);2-5,8-9,11,21H,6-7H2,1H3,(H,23,24,26);1H3;/q;;-1;. The summed E-state index contributed by atoms with van der Waals surface area (Å²) in [7, 11) is 0. The topological polar surface area (TPSA) is 141 Å². The zero-order valence-corrected chi connectivity index (χ0v) is 34.6. The summed E-state index contributed by atoms with van der Waals surface area (Å²) in [5.74, 6) is 1.30. The predicted octanol–water partition coefficient (Wildman–Crippen LogP) is 7.21. The van der Waals surface area contributed by atoms with Crippen LogP contribution in [0.2, 0.25) is 0 Å². The van der Waals surface area contributed by atoms with E-state index in [1.165, 1.54) is 63.4 Å². The van der Waals surface area contributed by atoms with Crippen LogP contribution in [0.15, 0.2) is 101 Å². The average molecular weight is 938 g/mol. The number of hydrogen-bond donors (Lipinski definition) is 3. The van der Waals surface area contributed by atoms with Crippen molar-refractivity contribution in [1.82, 2.24) is 49.4 Å². The summed E-state index contributed by atoms with van der Waals surface area (Å²) in [5.41, 5.74) is -1.27. The van der Waals surface area contributed by atoms with Crippen molar-refractivity contribution < 1.29 is 46.8 Å². The monoisotopic (exact) mass is 937 g/mol. The molecular formula is C42H41F6N10O2Pd-. The number of benzene rings is 3. The van der Waals surface area contributed by atoms with E-state index in [1.807, 2.05) is 25.1 Å². The minimum absolute atomic E-state index is 0. The van der Waals surface area contributed by atoms with Crippen molar-refractivity contribution in [3.8, 4) is 22.8 Å². The molecule has 4 atom stereocenters. The number of aromatic nitrogens is 8. The fourth-order valence-corrected chi connectivity index (χ4v) is 7.95. The molecule has 6 heterocycles. The van der Waals surface area contributed by atoms with Crippen molar-refractivity contribution in [3.05, 3.63) is 148 Å². The molecule has 2 fully saturated rings. The Morgan fingerprint density at radius 1 is 0.639 bits per heavy atom. The van der Waals surface area contributed by atoms with E-state index in [9.17, 15) is 35.9 Å². The Labute approximate surface area is 359 Å². The second kappa shape index (κ2) is 17.9. The first-order valence-electron chi connectivity index (χ1n) is 18.9. The summed E-state index contributed by atoms with van der Waals surface area (Å²) in [5, 5.41) is 12.2. The Morgan fingerprint density at radius 3 is 1.59 bits per heavy atom. The molecule has 0 saturated carbocycles. The van der Waals surface area contributed by atoms with E-state index < -0.39 is 34.6 Å². The van der Waals surface area contributed by atoms with Gasteiger partial charge in [0.05, 0.1) is 23.5 Å². The zero-order chi connectivity index (χ0) is 41.6. The van der Waals surface area contributed by atoms with E-state index in [-0.39, 0.29) is 85.3 Å². The summed E-state index contributed by atoms with van der Waals surface area (Å²) in [6, 6.07) is 20.5. The number of H-pyrrole nitrogens is 2. The number of halogens is 6. The molecule has 61 heavy (non-hydrogen) atoms. The van der Waals surface area contributed by atoms with Gasteiger partial charge < -0.3 is 22.7 Å². The number of rotatable bonds is 6. The van der Waals surface area contributed by atoms with Crippen molar-refractivity contribution in [2.75, 3.05) is 26.2 Å². The maximum Gasteiger partial charge on any atom is 0.417 e. The maximum absolute atomic E-state index is 13.6. The summed E-state index contributed by atoms with van der Waals surface area (Å²) in [4.78, 5) is 41.2. The van der Waals surface area contributed by atoms with E-state index in [2.05, 4.69) is 59.4 Å². The Kier molecular flexibility index (Phi) is 13.2. The molecule has 0 aliphatic carbocycles. The first-order valence-corrected chi connectivity index (χ1v) is 18.9. The van der Waals surface area contributed by atoms with Gasteiger partial charge in [0.2, 0.25) is 0 Å². The second-order valence-electron chi connectivity index (χ2n) is 15.0. The minimum atomic E-state index is -4.55. The molecule has 0 amide bonds. The van der Waals surface area contributed by atoms with Gasteiger partial charge in [-0.15, -0.1) is 0 Å². The Morgan fingerprint density at radius 2 is 1.11 bits per heavy atom. The fourth-order valence-electron chi connectivity index (χ4n) is 7.95. The molecule has 0 spiro atoms. The van der Waals surface area contributed by atoms with Crippen LogP contribution in [-0.2, 0) is 39.3 Å². The third-order valence-corrected chi connectivity index (χ3v) is 10.9. The average Bonchev–Trinajstić information content (AvgIpc) is 4.01. The maximum atomic E-state index is 13.6. The van der Waals surface area contributed by atoms with Crippen LogP contribution in [0.3, 0.4) is 0 Å². The molecule has 0 bridgehead atoms. The zero-order valence-electron chi connectivity index (χ0n) is 33.0. The Balaban J connectivity index is 0.000000203. The molecule has 3 aromatic carbocycles. The van der Waals surface area contributed by atoms with Crippen molar-refractivity contribution in [2.45, 2.75) is 44.6 Å². The Hall–Kier alpha value is -5.48. The molecule has 2 aliphatic heterocycles. The molecular weight excluding hydrogens is 897 g/mol. The van der Waals surface area contributed by atoms with E-state index >= 15 is 0 Å². The molecule has 2 aliphatic rings. The normalized spacial score (nSPS) is 19.3. The summed E-state index contributed by atoms with van der Waals surface area (Å²) in [6.45, 7) is 7.86. The number of likely N-dealkylation sites (tertiary alicyclic amines) is 1. The number of imidazole rings is 2. The van der Waals surface area contributed by atoms with Crippen LogP contribution < -0.4 is 16.4 Å². The third kappa shape index (κ3) is 9.11. The van der Waals surface area contributed by atoms with Gasteiger partial charge in [0.15, 0.2) is 22.7 Å². The van der Waals surface area contributed by atoms with Gasteiger partial charge in [-0.1, -0.05) is 80.6 Å². The smallest absolute Gasteiger partial charge is 0.358 e. The summed E-state index contributed by atoms with van der Waals surface area (Å²) in [6.07, 6.45) is -6.58. The van der Waals surface area contributed by atoms with Crippen molar-refractivity contribution in [2.24, 2.45) is 11.8 Å². The van der Waals surface area contributed by atoms with Gasteiger partial charge in [0.1, 0.15) is 11.6 Å². The van der Waals surface area contributed by atoms with Crippen molar-refractivity contribution in [3.63, 3.8) is 0 Å². The molecule has 19 heteroatoms. The SMILES string of the molecule is CC1CN(Cc2ccccc2)CC1c1nn2c(-c3ccccc3C(F)(F)F)ncc2c(=O)[nH]1.CC1CNCC1c1nn2c(-c3ccccc3C(F)(F)F)ncc2c(=O)[nH]1.[CH3-].[Pd].